The van der Waals surface area contributed by atoms with Gasteiger partial charge in [0.15, 0.2) is 0 Å². The third-order valence-corrected chi connectivity index (χ3v) is 9.63. The Balaban J connectivity index is 1.03. The van der Waals surface area contributed by atoms with Gasteiger partial charge < -0.3 is 29.9 Å². The lowest BCUT2D eigenvalue weighted by Crippen LogP contribution is -2.43. The molecule has 4 aromatic rings. The number of anilines is 2. The molecule has 2 aliphatic heterocycles. The summed E-state index contributed by atoms with van der Waals surface area (Å²) in [6.07, 6.45) is 6.62. The van der Waals surface area contributed by atoms with Gasteiger partial charge in [-0.3, -0.25) is 19.2 Å². The first-order valence-corrected chi connectivity index (χ1v) is 17.6. The number of carbonyl (C=O) groups excluding carboxylic acids is 4. The van der Waals surface area contributed by atoms with Gasteiger partial charge in [0.1, 0.15) is 23.6 Å². The predicted octanol–water partition coefficient (Wildman–Crippen LogP) is 6.98. The van der Waals surface area contributed by atoms with Gasteiger partial charge in [0, 0.05) is 24.5 Å². The van der Waals surface area contributed by atoms with Crippen LogP contribution in [0.2, 0.25) is 0 Å². The highest BCUT2D eigenvalue weighted by atomic mass is 16.5. The molecular formula is C42H44N4O6. The number of nitrogens with one attached hydrogen (secondary N) is 2. The van der Waals surface area contributed by atoms with Gasteiger partial charge in [-0.1, -0.05) is 59.7 Å². The topological polar surface area (TPSA) is 117 Å². The molecule has 0 spiro atoms. The molecule has 0 bridgehead atoms. The van der Waals surface area contributed by atoms with Crippen molar-refractivity contribution in [2.45, 2.75) is 51.6 Å². The highest BCUT2D eigenvalue weighted by Gasteiger charge is 2.37. The zero-order valence-electron chi connectivity index (χ0n) is 30.0. The molecule has 4 amide bonds. The van der Waals surface area contributed by atoms with E-state index in [1.807, 2.05) is 86.7 Å². The molecule has 2 aliphatic rings. The molecular weight excluding hydrogens is 656 g/mol. The minimum atomic E-state index is -0.563. The molecule has 0 radical (unpaired) electrons. The van der Waals surface area contributed by atoms with E-state index in [1.54, 1.807) is 34.1 Å². The maximum Gasteiger partial charge on any atom is 0.258 e. The summed E-state index contributed by atoms with van der Waals surface area (Å²) in [6.45, 7) is 4.86. The van der Waals surface area contributed by atoms with Gasteiger partial charge in [-0.2, -0.15) is 0 Å². The third-order valence-electron chi connectivity index (χ3n) is 9.63. The van der Waals surface area contributed by atoms with Gasteiger partial charge in [0.2, 0.25) is 11.8 Å². The number of benzene rings is 4. The van der Waals surface area contributed by atoms with Crippen LogP contribution in [0.15, 0.2) is 84.9 Å². The molecule has 0 saturated carbocycles. The molecule has 2 N–H and O–H groups in total. The summed E-state index contributed by atoms with van der Waals surface area (Å²) < 4.78 is 10.8. The van der Waals surface area contributed by atoms with E-state index in [1.165, 1.54) is 14.2 Å². The fraction of sp³-hybridized carbons (Fsp3) is 0.286. The second-order valence-corrected chi connectivity index (χ2v) is 13.3. The number of aryl methyl sites for hydroxylation is 2. The van der Waals surface area contributed by atoms with Crippen molar-refractivity contribution in [1.29, 1.82) is 0 Å². The normalized spacial score (nSPS) is 16.9. The Bertz CT molecular complexity index is 1850. The summed E-state index contributed by atoms with van der Waals surface area (Å²) in [4.78, 5) is 56.7. The van der Waals surface area contributed by atoms with Crippen LogP contribution in [0.1, 0.15) is 68.7 Å². The van der Waals surface area contributed by atoms with E-state index >= 15 is 0 Å². The van der Waals surface area contributed by atoms with E-state index in [4.69, 9.17) is 9.47 Å². The van der Waals surface area contributed by atoms with Crippen LogP contribution in [0.5, 0.6) is 11.5 Å². The Morgan fingerprint density at radius 1 is 0.596 bits per heavy atom. The Kier molecular flexibility index (Phi) is 11.0. The number of methoxy groups -OCH3 is 2. The van der Waals surface area contributed by atoms with E-state index in [0.717, 1.165) is 35.1 Å². The SMILES string of the molecule is COc1ccc(C)cc1C(=O)N1CCC[C@H]1C(=O)Nc1ccc(/C=C/c2ccc(NC(=O)[C@@H]3CCCN3C(=O)c3cc(C)ccc3OC)cc2)cc1. The number of hydrogen-bond acceptors (Lipinski definition) is 6. The second-order valence-electron chi connectivity index (χ2n) is 13.3. The quantitative estimate of drug-likeness (QED) is 0.173. The molecule has 2 heterocycles. The first kappa shape index (κ1) is 35.9. The van der Waals surface area contributed by atoms with Crippen LogP contribution in [0.25, 0.3) is 12.2 Å². The number of amides is 4. The van der Waals surface area contributed by atoms with Crippen LogP contribution in [0.4, 0.5) is 11.4 Å². The van der Waals surface area contributed by atoms with Crippen LogP contribution in [-0.4, -0.2) is 72.8 Å². The van der Waals surface area contributed by atoms with Crippen LogP contribution in [-0.2, 0) is 9.59 Å². The third kappa shape index (κ3) is 8.01. The van der Waals surface area contributed by atoms with Gasteiger partial charge in [0.05, 0.1) is 25.3 Å². The van der Waals surface area contributed by atoms with Crippen molar-refractivity contribution >= 4 is 47.2 Å². The summed E-state index contributed by atoms with van der Waals surface area (Å²) in [5.41, 5.74) is 5.99. The van der Waals surface area contributed by atoms with Gasteiger partial charge in [-0.05, 0) is 99.2 Å². The van der Waals surface area contributed by atoms with Crippen molar-refractivity contribution in [3.8, 4) is 11.5 Å². The molecule has 0 unspecified atom stereocenters. The van der Waals surface area contributed by atoms with Crippen molar-refractivity contribution in [2.24, 2.45) is 0 Å². The molecule has 10 heteroatoms. The molecule has 52 heavy (non-hydrogen) atoms. The van der Waals surface area contributed by atoms with Gasteiger partial charge in [-0.15, -0.1) is 0 Å². The standard InChI is InChI=1S/C42H44N4O6/c1-27-9-21-37(51-3)33(25-27)41(49)45-23-5-7-35(45)39(47)43-31-17-13-29(14-18-31)11-12-30-15-19-32(20-16-30)44-40(48)36-8-6-24-46(36)42(50)34-26-28(2)10-22-38(34)52-4/h9-22,25-26,35-36H,5-8,23-24H2,1-4H3,(H,43,47)(H,44,48)/b12-11+/t35-,36-/m0/s1. The van der Waals surface area contributed by atoms with Gasteiger partial charge in [-0.25, -0.2) is 0 Å². The number of carbonyl (C=O) groups is 4. The van der Waals surface area contributed by atoms with Crippen molar-refractivity contribution in [3.63, 3.8) is 0 Å². The van der Waals surface area contributed by atoms with Crippen molar-refractivity contribution < 1.29 is 28.7 Å². The average molecular weight is 701 g/mol. The highest BCUT2D eigenvalue weighted by Crippen LogP contribution is 2.29. The summed E-state index contributed by atoms with van der Waals surface area (Å²) >= 11 is 0. The maximum absolute atomic E-state index is 13.4. The molecule has 0 aliphatic carbocycles. The minimum absolute atomic E-state index is 0.207. The summed E-state index contributed by atoms with van der Waals surface area (Å²) in [5, 5.41) is 5.96. The first-order valence-electron chi connectivity index (χ1n) is 17.6. The summed E-state index contributed by atoms with van der Waals surface area (Å²) in [6, 6.07) is 24.8. The fourth-order valence-corrected chi connectivity index (χ4v) is 6.85. The second kappa shape index (κ2) is 16.0. The van der Waals surface area contributed by atoms with Gasteiger partial charge in [0.25, 0.3) is 11.8 Å². The maximum atomic E-state index is 13.4. The zero-order valence-corrected chi connectivity index (χ0v) is 30.0. The highest BCUT2D eigenvalue weighted by molar-refractivity contribution is 6.04. The molecule has 268 valence electrons. The van der Waals surface area contributed by atoms with Crippen molar-refractivity contribution in [1.82, 2.24) is 9.80 Å². The summed E-state index contributed by atoms with van der Waals surface area (Å²) in [5.74, 6) is 0.143. The first-order chi connectivity index (χ1) is 25.1. The Hall–Kier alpha value is -5.90. The monoisotopic (exact) mass is 700 g/mol. The van der Waals surface area contributed by atoms with Crippen molar-refractivity contribution in [3.05, 3.63) is 118 Å². The molecule has 6 rings (SSSR count). The lowest BCUT2D eigenvalue weighted by Gasteiger charge is -2.25. The number of likely N-dealkylation sites (tertiary alicyclic amines) is 2. The Morgan fingerprint density at radius 3 is 1.35 bits per heavy atom. The zero-order chi connectivity index (χ0) is 36.8. The molecule has 2 fully saturated rings. The minimum Gasteiger partial charge on any atom is -0.496 e. The van der Waals surface area contributed by atoms with Crippen LogP contribution in [0, 0.1) is 13.8 Å². The Labute approximate surface area is 304 Å². The lowest BCUT2D eigenvalue weighted by atomic mass is 10.1. The lowest BCUT2D eigenvalue weighted by molar-refractivity contribution is -0.120. The Morgan fingerprint density at radius 2 is 0.981 bits per heavy atom. The average Bonchev–Trinajstić information content (AvgIpc) is 3.86. The smallest absolute Gasteiger partial charge is 0.258 e. The molecule has 2 saturated heterocycles. The number of nitrogens with zero attached hydrogens (tertiary/aromatic N) is 2. The van der Waals surface area contributed by atoms with E-state index in [2.05, 4.69) is 10.6 Å². The van der Waals surface area contributed by atoms with E-state index < -0.39 is 12.1 Å². The largest absolute Gasteiger partial charge is 0.496 e. The van der Waals surface area contributed by atoms with E-state index in [9.17, 15) is 19.2 Å². The van der Waals surface area contributed by atoms with Crippen LogP contribution >= 0.6 is 0 Å². The van der Waals surface area contributed by atoms with Gasteiger partial charge >= 0.3 is 0 Å². The predicted molar refractivity (Wildman–Crippen MR) is 203 cm³/mol. The number of rotatable bonds is 10. The van der Waals surface area contributed by atoms with Crippen molar-refractivity contribution in [2.75, 3.05) is 37.9 Å². The van der Waals surface area contributed by atoms with Crippen LogP contribution in [0.3, 0.4) is 0 Å². The molecule has 2 atom stereocenters. The molecule has 10 nitrogen and oxygen atoms in total. The fourth-order valence-electron chi connectivity index (χ4n) is 6.85. The number of hydrogen-bond donors (Lipinski definition) is 2. The van der Waals surface area contributed by atoms with E-state index in [-0.39, 0.29) is 23.6 Å². The molecule has 0 aromatic heterocycles. The van der Waals surface area contributed by atoms with Crippen LogP contribution < -0.4 is 20.1 Å². The summed E-state index contributed by atoms with van der Waals surface area (Å²) in [7, 11) is 3.07. The van der Waals surface area contributed by atoms with E-state index in [0.29, 0.717) is 59.9 Å². The number of ether oxygens (including phenoxy) is 2. The molecule has 4 aromatic carbocycles.